The number of anilines is 1. The Balaban J connectivity index is 2.08. The number of hydrogen-bond acceptors (Lipinski definition) is 3. The molecule has 1 amide bonds. The van der Waals surface area contributed by atoms with E-state index in [2.05, 4.69) is 17.7 Å². The second kappa shape index (κ2) is 4.75. The smallest absolute Gasteiger partial charge is 0.253 e. The first-order valence-electron chi connectivity index (χ1n) is 5.98. The minimum Gasteiger partial charge on any atom is -0.349 e. The van der Waals surface area contributed by atoms with Crippen LogP contribution in [-0.4, -0.2) is 11.9 Å². The fourth-order valence-corrected chi connectivity index (χ4v) is 2.26. The number of rotatable bonds is 3. The maximum absolute atomic E-state index is 12.0. The summed E-state index contributed by atoms with van der Waals surface area (Å²) in [5.74, 6) is 6.11. The van der Waals surface area contributed by atoms with Crippen molar-refractivity contribution in [2.45, 2.75) is 32.7 Å². The zero-order valence-corrected chi connectivity index (χ0v) is 10.3. The molecule has 1 aliphatic rings. The van der Waals surface area contributed by atoms with E-state index in [4.69, 9.17) is 5.84 Å². The number of carbonyl (C=O) groups excluding carboxylic acids is 1. The number of amides is 1. The molecular weight excluding hydrogens is 214 g/mol. The first-order chi connectivity index (χ1) is 8.10. The number of hydrazine groups is 1. The lowest BCUT2D eigenvalue weighted by molar-refractivity contribution is 0.0897. The van der Waals surface area contributed by atoms with Crippen molar-refractivity contribution in [2.24, 2.45) is 11.8 Å². The minimum atomic E-state index is -0.0464. The van der Waals surface area contributed by atoms with E-state index in [9.17, 15) is 4.79 Å². The molecule has 0 unspecified atom stereocenters. The van der Waals surface area contributed by atoms with Gasteiger partial charge in [0, 0.05) is 6.04 Å². The first kappa shape index (κ1) is 11.9. The topological polar surface area (TPSA) is 67.2 Å². The average Bonchev–Trinajstić information content (AvgIpc) is 2.26. The fraction of sp³-hybridized carbons (Fsp3) is 0.462. The van der Waals surface area contributed by atoms with Crippen LogP contribution < -0.4 is 16.6 Å². The zero-order chi connectivity index (χ0) is 12.4. The summed E-state index contributed by atoms with van der Waals surface area (Å²) in [6.45, 7) is 4.16. The normalized spacial score (nSPS) is 22.8. The molecule has 0 radical (unpaired) electrons. The van der Waals surface area contributed by atoms with Crippen LogP contribution in [0.1, 0.15) is 35.7 Å². The summed E-state index contributed by atoms with van der Waals surface area (Å²) < 4.78 is 0. The zero-order valence-electron chi connectivity index (χ0n) is 10.3. The molecule has 2 rings (SSSR count). The summed E-state index contributed by atoms with van der Waals surface area (Å²) in [6.07, 6.45) is 2.14. The van der Waals surface area contributed by atoms with E-state index >= 15 is 0 Å². The molecule has 0 saturated heterocycles. The van der Waals surface area contributed by atoms with Gasteiger partial charge in [0.15, 0.2) is 0 Å². The van der Waals surface area contributed by atoms with Gasteiger partial charge in [-0.25, -0.2) is 0 Å². The van der Waals surface area contributed by atoms with Gasteiger partial charge in [-0.1, -0.05) is 13.0 Å². The van der Waals surface area contributed by atoms with Crippen molar-refractivity contribution in [3.63, 3.8) is 0 Å². The highest BCUT2D eigenvalue weighted by atomic mass is 16.1. The lowest BCUT2D eigenvalue weighted by atomic mass is 9.82. The van der Waals surface area contributed by atoms with Crippen molar-refractivity contribution in [3.8, 4) is 0 Å². The largest absolute Gasteiger partial charge is 0.349 e. The van der Waals surface area contributed by atoms with Gasteiger partial charge in [0.25, 0.3) is 5.91 Å². The number of aryl methyl sites for hydroxylation is 1. The van der Waals surface area contributed by atoms with Gasteiger partial charge in [0.2, 0.25) is 0 Å². The first-order valence-corrected chi connectivity index (χ1v) is 5.98. The Hall–Kier alpha value is -1.55. The second-order valence-corrected chi connectivity index (χ2v) is 4.94. The van der Waals surface area contributed by atoms with Crippen LogP contribution in [0.2, 0.25) is 0 Å². The summed E-state index contributed by atoms with van der Waals surface area (Å²) in [5, 5.41) is 3.02. The SMILES string of the molecule is Cc1ccc(C(=O)NC2CC(C)C2)c(NN)c1. The van der Waals surface area contributed by atoms with Crippen LogP contribution in [0.4, 0.5) is 5.69 Å². The van der Waals surface area contributed by atoms with Crippen molar-refractivity contribution >= 4 is 11.6 Å². The van der Waals surface area contributed by atoms with Crippen LogP contribution in [0.25, 0.3) is 0 Å². The third kappa shape index (κ3) is 2.58. The Morgan fingerprint density at radius 2 is 2.12 bits per heavy atom. The van der Waals surface area contributed by atoms with Crippen LogP contribution in [-0.2, 0) is 0 Å². The molecule has 4 N–H and O–H groups in total. The van der Waals surface area contributed by atoms with Gasteiger partial charge < -0.3 is 10.7 Å². The number of benzene rings is 1. The Kier molecular flexibility index (Phi) is 3.33. The van der Waals surface area contributed by atoms with Crippen molar-refractivity contribution in [1.29, 1.82) is 0 Å². The third-order valence-corrected chi connectivity index (χ3v) is 3.28. The molecule has 1 fully saturated rings. The van der Waals surface area contributed by atoms with Crippen molar-refractivity contribution in [1.82, 2.24) is 5.32 Å². The summed E-state index contributed by atoms with van der Waals surface area (Å²) in [5.41, 5.74) is 4.93. The minimum absolute atomic E-state index is 0.0464. The Morgan fingerprint density at radius 3 is 2.71 bits per heavy atom. The van der Waals surface area contributed by atoms with E-state index in [1.807, 2.05) is 25.1 Å². The molecule has 4 nitrogen and oxygen atoms in total. The van der Waals surface area contributed by atoms with Crippen molar-refractivity contribution < 1.29 is 4.79 Å². The van der Waals surface area contributed by atoms with Gasteiger partial charge in [0.05, 0.1) is 11.3 Å². The van der Waals surface area contributed by atoms with Gasteiger partial charge in [-0.15, -0.1) is 0 Å². The van der Waals surface area contributed by atoms with Crippen molar-refractivity contribution in [3.05, 3.63) is 29.3 Å². The second-order valence-electron chi connectivity index (χ2n) is 4.94. The van der Waals surface area contributed by atoms with E-state index in [0.717, 1.165) is 24.3 Å². The third-order valence-electron chi connectivity index (χ3n) is 3.28. The quantitative estimate of drug-likeness (QED) is 0.551. The molecule has 1 aliphatic carbocycles. The highest BCUT2D eigenvalue weighted by Gasteiger charge is 2.27. The van der Waals surface area contributed by atoms with Crippen LogP contribution in [0.3, 0.4) is 0 Å². The molecule has 0 aromatic heterocycles. The molecule has 1 saturated carbocycles. The predicted molar refractivity (Wildman–Crippen MR) is 68.6 cm³/mol. The number of nitrogens with one attached hydrogen (secondary N) is 2. The molecule has 0 bridgehead atoms. The van der Waals surface area contributed by atoms with Crippen molar-refractivity contribution in [2.75, 3.05) is 5.43 Å². The molecule has 0 aliphatic heterocycles. The highest BCUT2D eigenvalue weighted by molar-refractivity contribution is 5.99. The maximum Gasteiger partial charge on any atom is 0.253 e. The molecule has 1 aromatic rings. The van der Waals surface area contributed by atoms with E-state index in [0.29, 0.717) is 17.3 Å². The summed E-state index contributed by atoms with van der Waals surface area (Å²) in [6, 6.07) is 5.92. The molecule has 0 spiro atoms. The van der Waals surface area contributed by atoms with E-state index in [-0.39, 0.29) is 5.91 Å². The molecular formula is C13H19N3O. The molecule has 0 heterocycles. The average molecular weight is 233 g/mol. The Morgan fingerprint density at radius 1 is 1.41 bits per heavy atom. The summed E-state index contributed by atoms with van der Waals surface area (Å²) >= 11 is 0. The summed E-state index contributed by atoms with van der Waals surface area (Å²) in [7, 11) is 0. The Labute approximate surface area is 102 Å². The fourth-order valence-electron chi connectivity index (χ4n) is 2.26. The van der Waals surface area contributed by atoms with Crippen LogP contribution in [0.15, 0.2) is 18.2 Å². The molecule has 17 heavy (non-hydrogen) atoms. The molecule has 4 heteroatoms. The van der Waals surface area contributed by atoms with Gasteiger partial charge in [-0.05, 0) is 43.4 Å². The van der Waals surface area contributed by atoms with Gasteiger partial charge in [-0.3, -0.25) is 10.6 Å². The lowest BCUT2D eigenvalue weighted by Gasteiger charge is -2.33. The predicted octanol–water partition coefficient (Wildman–Crippen LogP) is 1.81. The van der Waals surface area contributed by atoms with Gasteiger partial charge in [0.1, 0.15) is 0 Å². The maximum atomic E-state index is 12.0. The Bertz CT molecular complexity index is 425. The van der Waals surface area contributed by atoms with Gasteiger partial charge in [-0.2, -0.15) is 0 Å². The number of nitrogens with two attached hydrogens (primary N) is 1. The van der Waals surface area contributed by atoms with E-state index < -0.39 is 0 Å². The van der Waals surface area contributed by atoms with E-state index in [1.165, 1.54) is 0 Å². The number of hydrogen-bond donors (Lipinski definition) is 3. The van der Waals surface area contributed by atoms with Crippen LogP contribution in [0.5, 0.6) is 0 Å². The number of carbonyl (C=O) groups is 1. The lowest BCUT2D eigenvalue weighted by Crippen LogP contribution is -2.43. The molecule has 0 atom stereocenters. The van der Waals surface area contributed by atoms with Crippen LogP contribution >= 0.6 is 0 Å². The molecule has 92 valence electrons. The van der Waals surface area contributed by atoms with E-state index in [1.54, 1.807) is 0 Å². The highest BCUT2D eigenvalue weighted by Crippen LogP contribution is 2.27. The number of nitrogen functional groups attached to an aromatic ring is 1. The van der Waals surface area contributed by atoms with Crippen LogP contribution in [0, 0.1) is 12.8 Å². The standard InChI is InChI=1S/C13H19N3O/c1-8-3-4-11(12(7-8)16-14)13(17)15-10-5-9(2)6-10/h3-4,7,9-10,16H,5-6,14H2,1-2H3,(H,15,17). The summed E-state index contributed by atoms with van der Waals surface area (Å²) in [4.78, 5) is 12.0. The monoisotopic (exact) mass is 233 g/mol. The molecule has 1 aromatic carbocycles. The van der Waals surface area contributed by atoms with Gasteiger partial charge >= 0.3 is 0 Å².